The minimum atomic E-state index is -0.631. The lowest BCUT2D eigenvalue weighted by molar-refractivity contribution is -0.140. The van der Waals surface area contributed by atoms with E-state index in [1.807, 2.05) is 41.5 Å². The molecule has 0 aromatic carbocycles. The molecule has 1 aliphatic rings. The topological polar surface area (TPSA) is 72.2 Å². The first-order chi connectivity index (χ1) is 7.90. The van der Waals surface area contributed by atoms with Crippen LogP contribution in [0.3, 0.4) is 0 Å². The van der Waals surface area contributed by atoms with Gasteiger partial charge in [-0.1, -0.05) is 20.8 Å². The Bertz CT molecular complexity index is 357. The van der Waals surface area contributed by atoms with Crippen LogP contribution in [0, 0.1) is 16.7 Å². The fourth-order valence-electron chi connectivity index (χ4n) is 2.73. The smallest absolute Gasteiger partial charge is 0.225 e. The summed E-state index contributed by atoms with van der Waals surface area (Å²) in [6, 6.07) is 0. The summed E-state index contributed by atoms with van der Waals surface area (Å²) < 4.78 is 0. The minimum Gasteiger partial charge on any atom is -0.369 e. The van der Waals surface area contributed by atoms with E-state index in [-0.39, 0.29) is 28.7 Å². The first kappa shape index (κ1) is 15.0. The molecule has 0 heterocycles. The van der Waals surface area contributed by atoms with Gasteiger partial charge in [-0.05, 0) is 39.0 Å². The zero-order valence-electron chi connectivity index (χ0n) is 12.4. The lowest BCUT2D eigenvalue weighted by Crippen LogP contribution is -2.52. The molecular weight excluding hydrogens is 228 g/mol. The normalized spacial score (nSPS) is 20.1. The number of amides is 2. The Morgan fingerprint density at radius 2 is 1.56 bits per heavy atom. The molecule has 4 nitrogen and oxygen atoms in total. The molecule has 4 heteroatoms. The zero-order chi connectivity index (χ0) is 14.4. The van der Waals surface area contributed by atoms with Crippen LogP contribution in [0.2, 0.25) is 0 Å². The van der Waals surface area contributed by atoms with Crippen molar-refractivity contribution in [3.8, 4) is 0 Å². The molecule has 1 unspecified atom stereocenters. The molecule has 3 N–H and O–H groups in total. The first-order valence-corrected chi connectivity index (χ1v) is 6.52. The van der Waals surface area contributed by atoms with Crippen LogP contribution < -0.4 is 11.1 Å². The number of primary amides is 1. The van der Waals surface area contributed by atoms with Gasteiger partial charge in [0.25, 0.3) is 0 Å². The van der Waals surface area contributed by atoms with E-state index in [4.69, 9.17) is 5.73 Å². The molecule has 18 heavy (non-hydrogen) atoms. The molecule has 104 valence electrons. The highest BCUT2D eigenvalue weighted by Gasteiger charge is 2.60. The number of hydrogen-bond donors (Lipinski definition) is 2. The SMILES string of the molecule is CC(C)(C)NC(=O)C(C(C)(C)C)C1(C(N)=O)CC1. The van der Waals surface area contributed by atoms with Gasteiger partial charge in [0, 0.05) is 5.54 Å². The number of nitrogens with two attached hydrogens (primary N) is 1. The highest BCUT2D eigenvalue weighted by atomic mass is 16.2. The molecule has 1 rings (SSSR count). The summed E-state index contributed by atoms with van der Waals surface area (Å²) in [5, 5.41) is 2.98. The fraction of sp³-hybridized carbons (Fsp3) is 0.857. The highest BCUT2D eigenvalue weighted by Crippen LogP contribution is 2.57. The number of nitrogens with one attached hydrogen (secondary N) is 1. The van der Waals surface area contributed by atoms with Gasteiger partial charge in [0.1, 0.15) is 0 Å². The van der Waals surface area contributed by atoms with Gasteiger partial charge < -0.3 is 11.1 Å². The third-order valence-electron chi connectivity index (χ3n) is 3.46. The van der Waals surface area contributed by atoms with E-state index >= 15 is 0 Å². The molecule has 0 aromatic rings. The van der Waals surface area contributed by atoms with Crippen LogP contribution in [-0.4, -0.2) is 17.4 Å². The molecule has 0 aliphatic heterocycles. The zero-order valence-corrected chi connectivity index (χ0v) is 12.4. The van der Waals surface area contributed by atoms with Gasteiger partial charge in [0.05, 0.1) is 11.3 Å². The van der Waals surface area contributed by atoms with E-state index in [0.717, 1.165) is 12.8 Å². The predicted octanol–water partition coefficient (Wildman–Crippen LogP) is 1.83. The summed E-state index contributed by atoms with van der Waals surface area (Å²) >= 11 is 0. The van der Waals surface area contributed by atoms with Crippen LogP contribution in [0.5, 0.6) is 0 Å². The molecule has 1 saturated carbocycles. The third-order valence-corrected chi connectivity index (χ3v) is 3.46. The Labute approximate surface area is 110 Å². The van der Waals surface area contributed by atoms with Crippen LogP contribution in [-0.2, 0) is 9.59 Å². The van der Waals surface area contributed by atoms with Crippen LogP contribution in [0.25, 0.3) is 0 Å². The number of carbonyl (C=O) groups excluding carboxylic acids is 2. The molecule has 0 spiro atoms. The molecule has 1 atom stereocenters. The van der Waals surface area contributed by atoms with Gasteiger partial charge in [0.2, 0.25) is 11.8 Å². The fourth-order valence-corrected chi connectivity index (χ4v) is 2.73. The number of hydrogen-bond acceptors (Lipinski definition) is 2. The van der Waals surface area contributed by atoms with Gasteiger partial charge in [-0.25, -0.2) is 0 Å². The van der Waals surface area contributed by atoms with Crippen molar-refractivity contribution in [2.45, 2.75) is 59.9 Å². The molecule has 1 aliphatic carbocycles. The first-order valence-electron chi connectivity index (χ1n) is 6.52. The third kappa shape index (κ3) is 3.03. The lowest BCUT2D eigenvalue weighted by atomic mass is 9.70. The van der Waals surface area contributed by atoms with Crippen molar-refractivity contribution in [3.63, 3.8) is 0 Å². The van der Waals surface area contributed by atoms with E-state index < -0.39 is 5.41 Å². The van der Waals surface area contributed by atoms with Gasteiger partial charge in [-0.15, -0.1) is 0 Å². The number of rotatable bonds is 3. The second kappa shape index (κ2) is 4.25. The maximum atomic E-state index is 12.5. The Kier molecular flexibility index (Phi) is 3.54. The molecule has 2 amide bonds. The minimum absolute atomic E-state index is 0.0636. The Morgan fingerprint density at radius 1 is 1.11 bits per heavy atom. The second-order valence-corrected chi connectivity index (χ2v) is 7.56. The van der Waals surface area contributed by atoms with Gasteiger partial charge in [-0.2, -0.15) is 0 Å². The number of carbonyl (C=O) groups is 2. The van der Waals surface area contributed by atoms with Crippen molar-refractivity contribution in [1.82, 2.24) is 5.32 Å². The average molecular weight is 254 g/mol. The molecule has 1 fully saturated rings. The van der Waals surface area contributed by atoms with Gasteiger partial charge in [0.15, 0.2) is 0 Å². The standard InChI is InChI=1S/C14H26N2O2/c1-12(2,3)9(10(17)16-13(4,5)6)14(7-8-14)11(15)18/h9H,7-8H2,1-6H3,(H2,15,18)(H,16,17). The van der Waals surface area contributed by atoms with Crippen LogP contribution in [0.1, 0.15) is 54.4 Å². The Hall–Kier alpha value is -1.06. The quantitative estimate of drug-likeness (QED) is 0.806. The van der Waals surface area contributed by atoms with E-state index in [0.29, 0.717) is 0 Å². The van der Waals surface area contributed by atoms with Gasteiger partial charge >= 0.3 is 0 Å². The predicted molar refractivity (Wildman–Crippen MR) is 71.7 cm³/mol. The van der Waals surface area contributed by atoms with Crippen molar-refractivity contribution in [1.29, 1.82) is 0 Å². The summed E-state index contributed by atoms with van der Waals surface area (Å²) in [5.74, 6) is -0.764. The Morgan fingerprint density at radius 3 is 1.78 bits per heavy atom. The van der Waals surface area contributed by atoms with Crippen molar-refractivity contribution in [3.05, 3.63) is 0 Å². The van der Waals surface area contributed by atoms with Gasteiger partial charge in [-0.3, -0.25) is 9.59 Å². The summed E-state index contributed by atoms with van der Waals surface area (Å²) in [7, 11) is 0. The molecule has 0 radical (unpaired) electrons. The largest absolute Gasteiger partial charge is 0.369 e. The monoisotopic (exact) mass is 254 g/mol. The Balaban J connectivity index is 3.02. The molecule has 0 aromatic heterocycles. The second-order valence-electron chi connectivity index (χ2n) is 7.56. The molecule has 0 saturated heterocycles. The van der Waals surface area contributed by atoms with Crippen LogP contribution >= 0.6 is 0 Å². The van der Waals surface area contributed by atoms with Crippen molar-refractivity contribution < 1.29 is 9.59 Å². The summed E-state index contributed by atoms with van der Waals surface area (Å²) in [6.07, 6.45) is 1.45. The van der Waals surface area contributed by atoms with E-state index in [9.17, 15) is 9.59 Å². The van der Waals surface area contributed by atoms with E-state index in [1.165, 1.54) is 0 Å². The average Bonchev–Trinajstić information content (AvgIpc) is 2.78. The van der Waals surface area contributed by atoms with Crippen LogP contribution in [0.15, 0.2) is 0 Å². The van der Waals surface area contributed by atoms with Crippen LogP contribution in [0.4, 0.5) is 0 Å². The molecular formula is C14H26N2O2. The van der Waals surface area contributed by atoms with E-state index in [1.54, 1.807) is 0 Å². The molecule has 0 bridgehead atoms. The highest BCUT2D eigenvalue weighted by molar-refractivity contribution is 5.92. The van der Waals surface area contributed by atoms with Crippen molar-refractivity contribution in [2.24, 2.45) is 22.5 Å². The maximum Gasteiger partial charge on any atom is 0.225 e. The van der Waals surface area contributed by atoms with Crippen molar-refractivity contribution in [2.75, 3.05) is 0 Å². The summed E-state index contributed by atoms with van der Waals surface area (Å²) in [6.45, 7) is 11.8. The lowest BCUT2D eigenvalue weighted by Gasteiger charge is -2.37. The van der Waals surface area contributed by atoms with Crippen molar-refractivity contribution >= 4 is 11.8 Å². The summed E-state index contributed by atoms with van der Waals surface area (Å²) in [4.78, 5) is 24.2. The summed E-state index contributed by atoms with van der Waals surface area (Å²) in [5.41, 5.74) is 4.31. The maximum absolute atomic E-state index is 12.5. The van der Waals surface area contributed by atoms with E-state index in [2.05, 4.69) is 5.32 Å².